The Bertz CT molecular complexity index is 1110. The summed E-state index contributed by atoms with van der Waals surface area (Å²) in [6.45, 7) is 0.355. The van der Waals surface area contributed by atoms with Crippen LogP contribution in [0.4, 0.5) is 16.2 Å². The zero-order valence-electron chi connectivity index (χ0n) is 19.3. The van der Waals surface area contributed by atoms with Gasteiger partial charge in [0.1, 0.15) is 11.9 Å². The number of rotatable bonds is 9. The number of nitrogens with zero attached hydrogens (tertiary/aromatic N) is 1. The first-order chi connectivity index (χ1) is 16.3. The average Bonchev–Trinajstić information content (AvgIpc) is 2.83. The van der Waals surface area contributed by atoms with Crippen molar-refractivity contribution in [2.45, 2.75) is 19.0 Å². The van der Waals surface area contributed by atoms with Crippen molar-refractivity contribution in [1.82, 2.24) is 10.6 Å². The molecule has 1 atom stereocenters. The molecular formula is C26H30N6O2. The molecule has 8 nitrogen and oxygen atoms in total. The Kier molecular flexibility index (Phi) is 8.23. The van der Waals surface area contributed by atoms with Gasteiger partial charge >= 0.3 is 6.03 Å². The molecule has 0 aliphatic carbocycles. The number of benzene rings is 3. The minimum absolute atomic E-state index is 0.0491. The molecule has 0 aromatic heterocycles. The summed E-state index contributed by atoms with van der Waals surface area (Å²) in [5.41, 5.74) is 9.53. The number of amides is 3. The number of anilines is 2. The van der Waals surface area contributed by atoms with Crippen molar-refractivity contribution in [1.29, 1.82) is 5.41 Å². The molecule has 176 valence electrons. The van der Waals surface area contributed by atoms with E-state index >= 15 is 0 Å². The van der Waals surface area contributed by atoms with Gasteiger partial charge in [-0.2, -0.15) is 0 Å². The Morgan fingerprint density at radius 3 is 2.15 bits per heavy atom. The number of urea groups is 1. The zero-order valence-corrected chi connectivity index (χ0v) is 19.3. The predicted molar refractivity (Wildman–Crippen MR) is 136 cm³/mol. The first kappa shape index (κ1) is 24.3. The molecule has 8 heteroatoms. The molecule has 0 spiro atoms. The molecule has 34 heavy (non-hydrogen) atoms. The van der Waals surface area contributed by atoms with Crippen molar-refractivity contribution in [3.63, 3.8) is 0 Å². The number of nitrogens with one attached hydrogen (secondary N) is 4. The number of hydrogen-bond acceptors (Lipinski definition) is 4. The Balaban J connectivity index is 1.65. The van der Waals surface area contributed by atoms with Crippen molar-refractivity contribution in [3.8, 4) is 0 Å². The van der Waals surface area contributed by atoms with Gasteiger partial charge in [-0.25, -0.2) is 4.79 Å². The lowest BCUT2D eigenvalue weighted by molar-refractivity contribution is -0.123. The number of nitrogen functional groups attached to an aromatic ring is 1. The van der Waals surface area contributed by atoms with E-state index in [2.05, 4.69) is 16.0 Å². The van der Waals surface area contributed by atoms with Gasteiger partial charge in [0.2, 0.25) is 5.91 Å². The molecule has 3 aromatic carbocycles. The highest BCUT2D eigenvalue weighted by Crippen LogP contribution is 2.13. The minimum Gasteiger partial charge on any atom is -0.384 e. The third kappa shape index (κ3) is 7.09. The molecule has 1 unspecified atom stereocenters. The van der Waals surface area contributed by atoms with E-state index in [1.165, 1.54) is 0 Å². The second-order valence-electron chi connectivity index (χ2n) is 8.11. The van der Waals surface area contributed by atoms with E-state index in [0.717, 1.165) is 16.8 Å². The van der Waals surface area contributed by atoms with Gasteiger partial charge in [-0.1, -0.05) is 42.5 Å². The topological polar surface area (TPSA) is 123 Å². The summed E-state index contributed by atoms with van der Waals surface area (Å²) in [6, 6.07) is 22.8. The highest BCUT2D eigenvalue weighted by molar-refractivity contribution is 5.97. The fourth-order valence-electron chi connectivity index (χ4n) is 3.34. The standard InChI is InChI=1S/C26H30N6O2/c1-32(2)22-14-8-19(9-15-22)17-29-25(33)23(16-18-6-4-3-5-7-18)31-26(34)30-21-12-10-20(11-13-21)24(27)28/h3-15,23H,16-17H2,1-2H3,(H3,27,28)(H,29,33)(H2,30,31,34). The van der Waals surface area contributed by atoms with E-state index in [1.54, 1.807) is 24.3 Å². The number of nitrogens with two attached hydrogens (primary N) is 1. The van der Waals surface area contributed by atoms with Crippen LogP contribution in [0.3, 0.4) is 0 Å². The molecule has 0 saturated carbocycles. The third-order valence-electron chi connectivity index (χ3n) is 5.28. The van der Waals surface area contributed by atoms with E-state index in [4.69, 9.17) is 11.1 Å². The Labute approximate surface area is 199 Å². The maximum atomic E-state index is 13.0. The maximum Gasteiger partial charge on any atom is 0.319 e. The second-order valence-corrected chi connectivity index (χ2v) is 8.11. The summed E-state index contributed by atoms with van der Waals surface area (Å²) in [5, 5.41) is 15.9. The third-order valence-corrected chi connectivity index (χ3v) is 5.28. The van der Waals surface area contributed by atoms with Crippen LogP contribution in [-0.2, 0) is 17.8 Å². The van der Waals surface area contributed by atoms with Crippen LogP contribution in [0.5, 0.6) is 0 Å². The minimum atomic E-state index is -0.764. The molecule has 0 radical (unpaired) electrons. The molecule has 3 amide bonds. The molecule has 3 rings (SSSR count). The van der Waals surface area contributed by atoms with Crippen molar-refractivity contribution in [3.05, 3.63) is 95.6 Å². The zero-order chi connectivity index (χ0) is 24.5. The van der Waals surface area contributed by atoms with Crippen molar-refractivity contribution in [2.75, 3.05) is 24.3 Å². The fourth-order valence-corrected chi connectivity index (χ4v) is 3.34. The largest absolute Gasteiger partial charge is 0.384 e. The van der Waals surface area contributed by atoms with Gasteiger partial charge in [-0.3, -0.25) is 10.2 Å². The highest BCUT2D eigenvalue weighted by atomic mass is 16.2. The van der Waals surface area contributed by atoms with Crippen molar-refractivity contribution in [2.24, 2.45) is 5.73 Å². The molecular weight excluding hydrogens is 428 g/mol. The SMILES string of the molecule is CN(C)c1ccc(CNC(=O)C(Cc2ccccc2)NC(=O)Nc2ccc(C(=N)N)cc2)cc1. The van der Waals surface area contributed by atoms with Gasteiger partial charge in [0.15, 0.2) is 0 Å². The van der Waals surface area contributed by atoms with Crippen LogP contribution in [-0.4, -0.2) is 37.9 Å². The Hall–Kier alpha value is -4.33. The van der Waals surface area contributed by atoms with Crippen LogP contribution in [0.25, 0.3) is 0 Å². The van der Waals surface area contributed by atoms with Gasteiger partial charge in [0, 0.05) is 44.0 Å². The fraction of sp³-hybridized carbons (Fsp3) is 0.192. The molecule has 0 fully saturated rings. The molecule has 3 aromatic rings. The molecule has 0 bridgehead atoms. The molecule has 0 heterocycles. The van der Waals surface area contributed by atoms with Gasteiger partial charge < -0.3 is 26.6 Å². The molecule has 0 aliphatic rings. The average molecular weight is 459 g/mol. The van der Waals surface area contributed by atoms with E-state index in [0.29, 0.717) is 24.2 Å². The van der Waals surface area contributed by atoms with E-state index in [1.807, 2.05) is 73.6 Å². The smallest absolute Gasteiger partial charge is 0.319 e. The number of carbonyl (C=O) groups excluding carboxylic acids is 2. The van der Waals surface area contributed by atoms with Gasteiger partial charge in [0.05, 0.1) is 0 Å². The summed E-state index contributed by atoms with van der Waals surface area (Å²) in [6.07, 6.45) is 0.350. The van der Waals surface area contributed by atoms with E-state index < -0.39 is 12.1 Å². The maximum absolute atomic E-state index is 13.0. The number of amidine groups is 1. The van der Waals surface area contributed by atoms with Gasteiger partial charge in [-0.15, -0.1) is 0 Å². The number of hydrogen-bond donors (Lipinski definition) is 5. The summed E-state index contributed by atoms with van der Waals surface area (Å²) in [4.78, 5) is 27.7. The first-order valence-electron chi connectivity index (χ1n) is 10.9. The van der Waals surface area contributed by atoms with Crippen LogP contribution in [0.1, 0.15) is 16.7 Å². The van der Waals surface area contributed by atoms with Crippen LogP contribution in [0.15, 0.2) is 78.9 Å². The first-order valence-corrected chi connectivity index (χ1v) is 10.9. The van der Waals surface area contributed by atoms with Crippen LogP contribution in [0.2, 0.25) is 0 Å². The summed E-state index contributed by atoms with van der Waals surface area (Å²) >= 11 is 0. The molecule has 6 N–H and O–H groups in total. The van der Waals surface area contributed by atoms with E-state index in [9.17, 15) is 9.59 Å². The highest BCUT2D eigenvalue weighted by Gasteiger charge is 2.21. The Morgan fingerprint density at radius 1 is 0.912 bits per heavy atom. The second kappa shape index (κ2) is 11.5. The predicted octanol–water partition coefficient (Wildman–Crippen LogP) is 3.09. The van der Waals surface area contributed by atoms with Crippen LogP contribution in [0, 0.1) is 5.41 Å². The van der Waals surface area contributed by atoms with Gasteiger partial charge in [0.25, 0.3) is 0 Å². The lowest BCUT2D eigenvalue weighted by atomic mass is 10.1. The van der Waals surface area contributed by atoms with Crippen LogP contribution >= 0.6 is 0 Å². The van der Waals surface area contributed by atoms with Crippen molar-refractivity contribution < 1.29 is 9.59 Å². The van der Waals surface area contributed by atoms with Gasteiger partial charge in [-0.05, 0) is 47.5 Å². The lowest BCUT2D eigenvalue weighted by Crippen LogP contribution is -2.49. The lowest BCUT2D eigenvalue weighted by Gasteiger charge is -2.19. The summed E-state index contributed by atoms with van der Waals surface area (Å²) in [5.74, 6) is -0.324. The monoisotopic (exact) mass is 458 g/mol. The normalized spacial score (nSPS) is 11.2. The summed E-state index contributed by atoms with van der Waals surface area (Å²) in [7, 11) is 3.94. The quantitative estimate of drug-likeness (QED) is 0.250. The van der Waals surface area contributed by atoms with E-state index in [-0.39, 0.29) is 11.7 Å². The Morgan fingerprint density at radius 2 is 1.56 bits per heavy atom. The van der Waals surface area contributed by atoms with Crippen molar-refractivity contribution >= 4 is 29.1 Å². The molecule has 0 aliphatic heterocycles. The molecule has 0 saturated heterocycles. The number of carbonyl (C=O) groups is 2. The van der Waals surface area contributed by atoms with Crippen LogP contribution < -0.4 is 26.6 Å². The summed E-state index contributed by atoms with van der Waals surface area (Å²) < 4.78 is 0.